The van der Waals surface area contributed by atoms with Gasteiger partial charge in [-0.05, 0) is 24.3 Å². The number of carbonyl (C=O) groups excluding carboxylic acids is 1. The molecule has 1 heterocycles. The van der Waals surface area contributed by atoms with E-state index in [1.165, 1.54) is 6.07 Å². The molecule has 2 aromatic rings. The van der Waals surface area contributed by atoms with E-state index in [9.17, 15) is 13.6 Å². The molecule has 1 fully saturated rings. The maximum absolute atomic E-state index is 13.5. The van der Waals surface area contributed by atoms with Gasteiger partial charge in [-0.3, -0.25) is 4.79 Å². The number of halogens is 2. The second-order valence-electron chi connectivity index (χ2n) is 5.57. The Kier molecular flexibility index (Phi) is 4.93. The van der Waals surface area contributed by atoms with Crippen LogP contribution in [-0.4, -0.2) is 43.6 Å². The minimum absolute atomic E-state index is 0.118. The van der Waals surface area contributed by atoms with Gasteiger partial charge in [-0.25, -0.2) is 8.78 Å². The predicted octanol–water partition coefficient (Wildman–Crippen LogP) is 2.69. The van der Waals surface area contributed by atoms with E-state index in [4.69, 9.17) is 4.74 Å². The molecule has 2 aromatic carbocycles. The first-order valence-electron chi connectivity index (χ1n) is 7.79. The normalized spacial score (nSPS) is 14.6. The van der Waals surface area contributed by atoms with Crippen LogP contribution in [0.4, 0.5) is 14.5 Å². The number of piperazine rings is 1. The van der Waals surface area contributed by atoms with Crippen molar-refractivity contribution in [2.24, 2.45) is 0 Å². The number of amides is 1. The van der Waals surface area contributed by atoms with Gasteiger partial charge in [-0.1, -0.05) is 18.2 Å². The third kappa shape index (κ3) is 3.82. The number of hydrogen-bond donors (Lipinski definition) is 0. The molecule has 1 amide bonds. The number of benzene rings is 2. The summed E-state index contributed by atoms with van der Waals surface area (Å²) in [6, 6.07) is 13.0. The van der Waals surface area contributed by atoms with Gasteiger partial charge >= 0.3 is 0 Å². The van der Waals surface area contributed by atoms with Crippen LogP contribution in [0.5, 0.6) is 5.75 Å². The van der Waals surface area contributed by atoms with Gasteiger partial charge in [0.1, 0.15) is 5.82 Å². The first-order valence-corrected chi connectivity index (χ1v) is 7.79. The Labute approximate surface area is 139 Å². The van der Waals surface area contributed by atoms with Gasteiger partial charge in [0.25, 0.3) is 5.91 Å². The van der Waals surface area contributed by atoms with Crippen LogP contribution in [0.1, 0.15) is 0 Å². The molecule has 4 nitrogen and oxygen atoms in total. The van der Waals surface area contributed by atoms with Crippen LogP contribution >= 0.6 is 0 Å². The fraction of sp³-hybridized carbons (Fsp3) is 0.278. The molecule has 0 atom stereocenters. The van der Waals surface area contributed by atoms with Crippen LogP contribution in [0.2, 0.25) is 0 Å². The van der Waals surface area contributed by atoms with Crippen molar-refractivity contribution in [3.05, 3.63) is 60.2 Å². The van der Waals surface area contributed by atoms with Gasteiger partial charge in [-0.2, -0.15) is 0 Å². The lowest BCUT2D eigenvalue weighted by Crippen LogP contribution is -2.50. The SMILES string of the molecule is O=C(COc1ccc(F)cc1F)N1CCN(c2ccccc2)CC1. The zero-order valence-corrected chi connectivity index (χ0v) is 13.1. The second kappa shape index (κ2) is 7.29. The average Bonchev–Trinajstić information content (AvgIpc) is 2.62. The van der Waals surface area contributed by atoms with Crippen molar-refractivity contribution in [2.45, 2.75) is 0 Å². The molecule has 0 spiro atoms. The monoisotopic (exact) mass is 332 g/mol. The third-order valence-electron chi connectivity index (χ3n) is 4.00. The maximum Gasteiger partial charge on any atom is 0.260 e. The summed E-state index contributed by atoms with van der Waals surface area (Å²) in [6.45, 7) is 2.39. The van der Waals surface area contributed by atoms with Crippen LogP contribution < -0.4 is 9.64 Å². The zero-order chi connectivity index (χ0) is 16.9. The minimum Gasteiger partial charge on any atom is -0.481 e. The molecule has 6 heteroatoms. The predicted molar refractivity (Wildman–Crippen MR) is 87.1 cm³/mol. The van der Waals surface area contributed by atoms with Crippen LogP contribution in [-0.2, 0) is 4.79 Å². The van der Waals surface area contributed by atoms with Crippen LogP contribution in [0.25, 0.3) is 0 Å². The number of para-hydroxylation sites is 1. The Morgan fingerprint density at radius 3 is 2.38 bits per heavy atom. The molecule has 0 radical (unpaired) electrons. The quantitative estimate of drug-likeness (QED) is 0.863. The molecule has 1 saturated heterocycles. The minimum atomic E-state index is -0.809. The van der Waals surface area contributed by atoms with Crippen LogP contribution in [0, 0.1) is 11.6 Å². The van der Waals surface area contributed by atoms with Crippen LogP contribution in [0.3, 0.4) is 0 Å². The van der Waals surface area contributed by atoms with Crippen molar-refractivity contribution >= 4 is 11.6 Å². The molecule has 126 valence electrons. The molecule has 1 aliphatic rings. The van der Waals surface area contributed by atoms with Gasteiger partial charge < -0.3 is 14.5 Å². The molecule has 0 aromatic heterocycles. The highest BCUT2D eigenvalue weighted by Crippen LogP contribution is 2.18. The fourth-order valence-electron chi connectivity index (χ4n) is 2.68. The Morgan fingerprint density at radius 2 is 1.71 bits per heavy atom. The zero-order valence-electron chi connectivity index (χ0n) is 13.1. The smallest absolute Gasteiger partial charge is 0.260 e. The Balaban J connectivity index is 1.50. The number of rotatable bonds is 4. The largest absolute Gasteiger partial charge is 0.481 e. The standard InChI is InChI=1S/C18H18F2N2O2/c19-14-6-7-17(16(20)12-14)24-13-18(23)22-10-8-21(9-11-22)15-4-2-1-3-5-15/h1-7,12H,8-11,13H2. The lowest BCUT2D eigenvalue weighted by atomic mass is 10.2. The highest BCUT2D eigenvalue weighted by atomic mass is 19.1. The summed E-state index contributed by atoms with van der Waals surface area (Å²) in [6.07, 6.45) is 0. The van der Waals surface area contributed by atoms with Gasteiger partial charge in [0.2, 0.25) is 0 Å². The lowest BCUT2D eigenvalue weighted by molar-refractivity contribution is -0.133. The summed E-state index contributed by atoms with van der Waals surface area (Å²) in [5.74, 6) is -1.81. The molecule has 0 aliphatic carbocycles. The molecule has 0 saturated carbocycles. The van der Waals surface area contributed by atoms with E-state index in [0.717, 1.165) is 30.9 Å². The first-order chi connectivity index (χ1) is 11.6. The molecule has 0 N–H and O–H groups in total. The topological polar surface area (TPSA) is 32.8 Å². The van der Waals surface area contributed by atoms with Crippen molar-refractivity contribution in [1.82, 2.24) is 4.90 Å². The number of nitrogens with zero attached hydrogens (tertiary/aromatic N) is 2. The van der Waals surface area contributed by atoms with Gasteiger partial charge in [0, 0.05) is 37.9 Å². The van der Waals surface area contributed by atoms with Crippen molar-refractivity contribution in [2.75, 3.05) is 37.7 Å². The van der Waals surface area contributed by atoms with E-state index >= 15 is 0 Å². The van der Waals surface area contributed by atoms with Crippen molar-refractivity contribution in [3.8, 4) is 5.75 Å². The molecule has 1 aliphatic heterocycles. The van der Waals surface area contributed by atoms with E-state index in [-0.39, 0.29) is 18.3 Å². The number of hydrogen-bond acceptors (Lipinski definition) is 3. The fourth-order valence-corrected chi connectivity index (χ4v) is 2.68. The van der Waals surface area contributed by atoms with Crippen molar-refractivity contribution in [3.63, 3.8) is 0 Å². The van der Waals surface area contributed by atoms with Gasteiger partial charge in [0.05, 0.1) is 0 Å². The van der Waals surface area contributed by atoms with Crippen molar-refractivity contribution in [1.29, 1.82) is 0 Å². The summed E-state index contributed by atoms with van der Waals surface area (Å²) in [7, 11) is 0. The van der Waals surface area contributed by atoms with Crippen molar-refractivity contribution < 1.29 is 18.3 Å². The Morgan fingerprint density at radius 1 is 1.00 bits per heavy atom. The summed E-state index contributed by atoms with van der Waals surface area (Å²) in [4.78, 5) is 16.1. The van der Waals surface area contributed by atoms with E-state index in [0.29, 0.717) is 13.1 Å². The molecular formula is C18H18F2N2O2. The van der Waals surface area contributed by atoms with Crippen LogP contribution in [0.15, 0.2) is 48.5 Å². The molecule has 24 heavy (non-hydrogen) atoms. The lowest BCUT2D eigenvalue weighted by Gasteiger charge is -2.36. The number of carbonyl (C=O) groups is 1. The van der Waals surface area contributed by atoms with E-state index in [1.54, 1.807) is 4.90 Å². The Bertz CT molecular complexity index is 701. The summed E-state index contributed by atoms with van der Waals surface area (Å²) in [5.41, 5.74) is 1.13. The molecule has 0 unspecified atom stereocenters. The average molecular weight is 332 g/mol. The van der Waals surface area contributed by atoms with E-state index < -0.39 is 11.6 Å². The molecule has 3 rings (SSSR count). The summed E-state index contributed by atoms with van der Waals surface area (Å²) >= 11 is 0. The highest BCUT2D eigenvalue weighted by molar-refractivity contribution is 5.78. The van der Waals surface area contributed by atoms with Gasteiger partial charge in [0.15, 0.2) is 18.2 Å². The van der Waals surface area contributed by atoms with E-state index in [2.05, 4.69) is 4.90 Å². The first kappa shape index (κ1) is 16.2. The van der Waals surface area contributed by atoms with Gasteiger partial charge in [-0.15, -0.1) is 0 Å². The maximum atomic E-state index is 13.5. The molecular weight excluding hydrogens is 314 g/mol. The Hall–Kier alpha value is -2.63. The summed E-state index contributed by atoms with van der Waals surface area (Å²) < 4.78 is 31.5. The summed E-state index contributed by atoms with van der Waals surface area (Å²) in [5, 5.41) is 0. The second-order valence-corrected chi connectivity index (χ2v) is 5.57. The third-order valence-corrected chi connectivity index (χ3v) is 4.00. The number of ether oxygens (including phenoxy) is 1. The van der Waals surface area contributed by atoms with E-state index in [1.807, 2.05) is 30.3 Å². The number of anilines is 1. The highest BCUT2D eigenvalue weighted by Gasteiger charge is 2.21. The molecule has 0 bridgehead atoms.